The van der Waals surface area contributed by atoms with E-state index in [1.54, 1.807) is 4.90 Å². The second-order valence-corrected chi connectivity index (χ2v) is 5.23. The highest BCUT2D eigenvalue weighted by Gasteiger charge is 2.35. The maximum atomic E-state index is 12.6. The molecule has 0 spiro atoms. The summed E-state index contributed by atoms with van der Waals surface area (Å²) in [6, 6.07) is 6.25. The van der Waals surface area contributed by atoms with Crippen molar-refractivity contribution in [2.75, 3.05) is 32.2 Å². The third-order valence-corrected chi connectivity index (χ3v) is 3.81. The molecular weight excluding hydrogens is 240 g/mol. The van der Waals surface area contributed by atoms with Crippen molar-refractivity contribution in [3.05, 3.63) is 29.3 Å². The van der Waals surface area contributed by atoms with Gasteiger partial charge >= 0.3 is 0 Å². The standard InChI is InChI=1S/C15H22N2O2/c1-10-5-6-14(11(2)7-10)17(4)15(18)12-8-19-9-13(12)16-3/h5-7,12-13,16H,8-9H2,1-4H3. The first-order chi connectivity index (χ1) is 9.04. The number of aryl methyl sites for hydroxylation is 2. The van der Waals surface area contributed by atoms with Crippen LogP contribution < -0.4 is 10.2 Å². The Morgan fingerprint density at radius 3 is 2.74 bits per heavy atom. The van der Waals surface area contributed by atoms with Crippen molar-refractivity contribution in [3.8, 4) is 0 Å². The van der Waals surface area contributed by atoms with Crippen LogP contribution in [0.25, 0.3) is 0 Å². The molecule has 0 radical (unpaired) electrons. The van der Waals surface area contributed by atoms with Gasteiger partial charge in [0.15, 0.2) is 0 Å². The highest BCUT2D eigenvalue weighted by molar-refractivity contribution is 5.96. The molecule has 2 rings (SSSR count). The first-order valence-corrected chi connectivity index (χ1v) is 6.64. The second-order valence-electron chi connectivity index (χ2n) is 5.23. The summed E-state index contributed by atoms with van der Waals surface area (Å²) >= 11 is 0. The van der Waals surface area contributed by atoms with E-state index in [9.17, 15) is 4.79 Å². The van der Waals surface area contributed by atoms with Crippen molar-refractivity contribution in [1.29, 1.82) is 0 Å². The van der Waals surface area contributed by atoms with Gasteiger partial charge in [0, 0.05) is 18.8 Å². The molecule has 104 valence electrons. The minimum absolute atomic E-state index is 0.101. The molecule has 2 unspecified atom stereocenters. The first-order valence-electron chi connectivity index (χ1n) is 6.64. The fraction of sp³-hybridized carbons (Fsp3) is 0.533. The molecule has 19 heavy (non-hydrogen) atoms. The molecule has 1 amide bonds. The van der Waals surface area contributed by atoms with E-state index in [1.165, 1.54) is 5.56 Å². The zero-order valence-corrected chi connectivity index (χ0v) is 12.1. The first kappa shape index (κ1) is 14.0. The Labute approximate surface area is 114 Å². The Hall–Kier alpha value is -1.39. The van der Waals surface area contributed by atoms with E-state index in [4.69, 9.17) is 4.74 Å². The molecule has 0 saturated carbocycles. The average Bonchev–Trinajstić information content (AvgIpc) is 2.85. The van der Waals surface area contributed by atoms with Crippen LogP contribution in [0.3, 0.4) is 0 Å². The Balaban J connectivity index is 2.19. The van der Waals surface area contributed by atoms with E-state index >= 15 is 0 Å². The Morgan fingerprint density at radius 1 is 1.37 bits per heavy atom. The highest BCUT2D eigenvalue weighted by atomic mass is 16.5. The molecule has 1 saturated heterocycles. The zero-order valence-electron chi connectivity index (χ0n) is 12.1. The van der Waals surface area contributed by atoms with E-state index in [1.807, 2.05) is 33.2 Å². The number of hydrogen-bond acceptors (Lipinski definition) is 3. The van der Waals surface area contributed by atoms with Gasteiger partial charge in [-0.3, -0.25) is 4.79 Å². The molecule has 1 fully saturated rings. The van der Waals surface area contributed by atoms with Crippen molar-refractivity contribution in [3.63, 3.8) is 0 Å². The normalized spacial score (nSPS) is 22.5. The molecule has 1 heterocycles. The molecular formula is C15H22N2O2. The topological polar surface area (TPSA) is 41.6 Å². The number of anilines is 1. The second kappa shape index (κ2) is 5.72. The van der Waals surface area contributed by atoms with Crippen LogP contribution in [0.2, 0.25) is 0 Å². The maximum Gasteiger partial charge on any atom is 0.233 e. The van der Waals surface area contributed by atoms with Gasteiger partial charge in [0.05, 0.1) is 19.1 Å². The number of nitrogens with one attached hydrogen (secondary N) is 1. The van der Waals surface area contributed by atoms with Crippen LogP contribution in [-0.2, 0) is 9.53 Å². The van der Waals surface area contributed by atoms with Crippen LogP contribution in [-0.4, -0.2) is 39.3 Å². The van der Waals surface area contributed by atoms with E-state index in [-0.39, 0.29) is 17.9 Å². The summed E-state index contributed by atoms with van der Waals surface area (Å²) < 4.78 is 5.41. The Morgan fingerprint density at radius 2 is 2.11 bits per heavy atom. The minimum atomic E-state index is -0.101. The number of carbonyl (C=O) groups excluding carboxylic acids is 1. The fourth-order valence-corrected chi connectivity index (χ4v) is 2.63. The molecule has 1 N–H and O–H groups in total. The number of hydrogen-bond donors (Lipinski definition) is 1. The monoisotopic (exact) mass is 262 g/mol. The average molecular weight is 262 g/mol. The summed E-state index contributed by atoms with van der Waals surface area (Å²) in [6.45, 7) is 5.19. The molecule has 0 bridgehead atoms. The van der Waals surface area contributed by atoms with Crippen LogP contribution >= 0.6 is 0 Å². The third kappa shape index (κ3) is 2.80. The Kier molecular flexibility index (Phi) is 4.22. The molecule has 1 aliphatic heterocycles. The van der Waals surface area contributed by atoms with Crippen molar-refractivity contribution >= 4 is 11.6 Å². The van der Waals surface area contributed by atoms with Gasteiger partial charge in [-0.05, 0) is 32.5 Å². The molecule has 0 aliphatic carbocycles. The summed E-state index contributed by atoms with van der Waals surface area (Å²) in [5.74, 6) is 0.0134. The van der Waals surface area contributed by atoms with E-state index in [0.29, 0.717) is 13.2 Å². The van der Waals surface area contributed by atoms with Crippen LogP contribution in [0.4, 0.5) is 5.69 Å². The maximum absolute atomic E-state index is 12.6. The molecule has 1 aromatic rings. The lowest BCUT2D eigenvalue weighted by Crippen LogP contribution is -2.43. The lowest BCUT2D eigenvalue weighted by molar-refractivity contribution is -0.122. The van der Waals surface area contributed by atoms with Crippen molar-refractivity contribution in [2.24, 2.45) is 5.92 Å². The molecule has 4 nitrogen and oxygen atoms in total. The number of ether oxygens (including phenoxy) is 1. The van der Waals surface area contributed by atoms with Crippen LogP contribution in [0.15, 0.2) is 18.2 Å². The number of carbonyl (C=O) groups is 1. The van der Waals surface area contributed by atoms with E-state index in [2.05, 4.69) is 18.3 Å². The third-order valence-electron chi connectivity index (χ3n) is 3.81. The van der Waals surface area contributed by atoms with Crippen molar-refractivity contribution < 1.29 is 9.53 Å². The molecule has 1 aromatic carbocycles. The number of nitrogens with zero attached hydrogens (tertiary/aromatic N) is 1. The van der Waals surface area contributed by atoms with Gasteiger partial charge in [-0.25, -0.2) is 0 Å². The predicted octanol–water partition coefficient (Wildman–Crippen LogP) is 1.50. The predicted molar refractivity (Wildman–Crippen MR) is 76.5 cm³/mol. The molecule has 2 atom stereocenters. The van der Waals surface area contributed by atoms with E-state index < -0.39 is 0 Å². The lowest BCUT2D eigenvalue weighted by atomic mass is 10.0. The fourth-order valence-electron chi connectivity index (χ4n) is 2.63. The van der Waals surface area contributed by atoms with Gasteiger partial charge in [-0.2, -0.15) is 0 Å². The summed E-state index contributed by atoms with van der Waals surface area (Å²) in [5.41, 5.74) is 3.30. The summed E-state index contributed by atoms with van der Waals surface area (Å²) in [6.07, 6.45) is 0. The van der Waals surface area contributed by atoms with Gasteiger partial charge in [-0.15, -0.1) is 0 Å². The van der Waals surface area contributed by atoms with Gasteiger partial charge in [0.25, 0.3) is 0 Å². The minimum Gasteiger partial charge on any atom is -0.379 e. The van der Waals surface area contributed by atoms with E-state index in [0.717, 1.165) is 11.3 Å². The summed E-state index contributed by atoms with van der Waals surface area (Å²) in [4.78, 5) is 14.3. The highest BCUT2D eigenvalue weighted by Crippen LogP contribution is 2.24. The summed E-state index contributed by atoms with van der Waals surface area (Å²) in [5, 5.41) is 3.15. The largest absolute Gasteiger partial charge is 0.379 e. The molecule has 1 aliphatic rings. The van der Waals surface area contributed by atoms with Gasteiger partial charge in [-0.1, -0.05) is 17.7 Å². The Bertz CT molecular complexity index is 473. The van der Waals surface area contributed by atoms with Gasteiger partial charge in [0.1, 0.15) is 0 Å². The number of likely N-dealkylation sites (N-methyl/N-ethyl adjacent to an activating group) is 1. The number of amides is 1. The van der Waals surface area contributed by atoms with Crippen LogP contribution in [0, 0.1) is 19.8 Å². The van der Waals surface area contributed by atoms with Gasteiger partial charge in [0.2, 0.25) is 5.91 Å². The van der Waals surface area contributed by atoms with Crippen molar-refractivity contribution in [2.45, 2.75) is 19.9 Å². The number of benzene rings is 1. The molecule has 0 aromatic heterocycles. The zero-order chi connectivity index (χ0) is 14.0. The quantitative estimate of drug-likeness (QED) is 0.897. The van der Waals surface area contributed by atoms with Crippen LogP contribution in [0.5, 0.6) is 0 Å². The number of rotatable bonds is 3. The molecule has 4 heteroatoms. The van der Waals surface area contributed by atoms with Crippen molar-refractivity contribution in [1.82, 2.24) is 5.32 Å². The smallest absolute Gasteiger partial charge is 0.233 e. The summed E-state index contributed by atoms with van der Waals surface area (Å²) in [7, 11) is 3.71. The SMILES string of the molecule is CNC1COCC1C(=O)N(C)c1ccc(C)cc1C. The van der Waals surface area contributed by atoms with Crippen LogP contribution in [0.1, 0.15) is 11.1 Å². The van der Waals surface area contributed by atoms with Gasteiger partial charge < -0.3 is 15.0 Å². The lowest BCUT2D eigenvalue weighted by Gasteiger charge is -2.25.